The number of nitrogens with zero attached hydrogens (tertiary/aromatic N) is 4. The third-order valence-corrected chi connectivity index (χ3v) is 2.11. The van der Waals surface area contributed by atoms with Gasteiger partial charge in [-0.05, 0) is 18.6 Å². The van der Waals surface area contributed by atoms with Gasteiger partial charge in [-0.3, -0.25) is 4.98 Å². The number of pyridine rings is 1. The molecule has 0 aromatic carbocycles. The highest BCUT2D eigenvalue weighted by atomic mass is 15.4. The minimum Gasteiger partial charge on any atom is -0.349 e. The van der Waals surface area contributed by atoms with E-state index in [-0.39, 0.29) is 0 Å². The molecule has 5 nitrogen and oxygen atoms in total. The molecule has 0 saturated carbocycles. The van der Waals surface area contributed by atoms with Gasteiger partial charge in [-0.25, -0.2) is 4.68 Å². The molecule has 0 aliphatic rings. The summed E-state index contributed by atoms with van der Waals surface area (Å²) in [5.74, 6) is 0.748. The molecule has 0 atom stereocenters. The highest BCUT2D eigenvalue weighted by molar-refractivity contribution is 5.24. The summed E-state index contributed by atoms with van der Waals surface area (Å²) in [4.78, 5) is 8.35. The Balaban J connectivity index is 1.99. The number of hydrogen-bond acceptors (Lipinski definition) is 4. The van der Waals surface area contributed by atoms with Crippen LogP contribution in [0.3, 0.4) is 0 Å². The van der Waals surface area contributed by atoms with E-state index in [9.17, 15) is 0 Å². The van der Waals surface area contributed by atoms with Crippen molar-refractivity contribution in [2.24, 2.45) is 7.05 Å². The zero-order valence-corrected chi connectivity index (χ0v) is 8.81. The molecule has 0 saturated heterocycles. The van der Waals surface area contributed by atoms with E-state index < -0.39 is 0 Å². The normalized spacial score (nSPS) is 10.3. The largest absolute Gasteiger partial charge is 0.349 e. The van der Waals surface area contributed by atoms with Crippen LogP contribution >= 0.6 is 0 Å². The molecule has 0 bridgehead atoms. The van der Waals surface area contributed by atoms with Crippen LogP contribution in [-0.2, 0) is 13.6 Å². The molecular formula is C10H13N5. The Morgan fingerprint density at radius 3 is 2.80 bits per heavy atom. The number of aromatic nitrogens is 4. The lowest BCUT2D eigenvalue weighted by atomic mass is 10.3. The van der Waals surface area contributed by atoms with Gasteiger partial charge in [0.1, 0.15) is 6.33 Å². The van der Waals surface area contributed by atoms with Crippen molar-refractivity contribution in [1.29, 1.82) is 0 Å². The predicted octanol–water partition coefficient (Wildman–Crippen LogP) is 1.13. The summed E-state index contributed by atoms with van der Waals surface area (Å²) in [7, 11) is 1.85. The molecule has 1 N–H and O–H groups in total. The van der Waals surface area contributed by atoms with E-state index in [1.807, 2.05) is 32.3 Å². The van der Waals surface area contributed by atoms with Crippen molar-refractivity contribution in [2.75, 3.05) is 5.32 Å². The number of rotatable bonds is 3. The third kappa shape index (κ3) is 2.31. The molecule has 2 rings (SSSR count). The molecule has 78 valence electrons. The lowest BCUT2D eigenvalue weighted by molar-refractivity contribution is 0.765. The Kier molecular flexibility index (Phi) is 2.62. The van der Waals surface area contributed by atoms with Crippen LogP contribution in [0.5, 0.6) is 0 Å². The zero-order valence-electron chi connectivity index (χ0n) is 8.81. The maximum Gasteiger partial charge on any atom is 0.221 e. The van der Waals surface area contributed by atoms with Gasteiger partial charge in [0.05, 0.1) is 12.2 Å². The van der Waals surface area contributed by atoms with Crippen molar-refractivity contribution in [3.63, 3.8) is 0 Å². The summed E-state index contributed by atoms with van der Waals surface area (Å²) in [5, 5.41) is 7.12. The van der Waals surface area contributed by atoms with Crippen molar-refractivity contribution in [3.05, 3.63) is 35.9 Å². The molecule has 5 heteroatoms. The minimum atomic E-state index is 0.660. The predicted molar refractivity (Wildman–Crippen MR) is 57.3 cm³/mol. The fourth-order valence-electron chi connectivity index (χ4n) is 1.23. The van der Waals surface area contributed by atoms with Crippen LogP contribution in [-0.4, -0.2) is 19.7 Å². The number of anilines is 1. The topological polar surface area (TPSA) is 55.6 Å². The lowest BCUT2D eigenvalue weighted by Crippen LogP contribution is -2.06. The van der Waals surface area contributed by atoms with Crippen LogP contribution in [0.1, 0.15) is 11.3 Å². The molecule has 0 aliphatic carbocycles. The summed E-state index contributed by atoms with van der Waals surface area (Å²) in [5.41, 5.74) is 2.15. The fourth-order valence-corrected chi connectivity index (χ4v) is 1.23. The molecule has 2 aromatic heterocycles. The second kappa shape index (κ2) is 4.08. The Hall–Kier alpha value is -1.91. The van der Waals surface area contributed by atoms with Gasteiger partial charge in [0.25, 0.3) is 0 Å². The highest BCUT2D eigenvalue weighted by Crippen LogP contribution is 2.03. The third-order valence-electron chi connectivity index (χ3n) is 2.11. The van der Waals surface area contributed by atoms with Crippen LogP contribution in [0.2, 0.25) is 0 Å². The Morgan fingerprint density at radius 2 is 2.20 bits per heavy atom. The first-order valence-corrected chi connectivity index (χ1v) is 4.75. The molecule has 0 aliphatic heterocycles. The van der Waals surface area contributed by atoms with Crippen LogP contribution in [0.25, 0.3) is 0 Å². The van der Waals surface area contributed by atoms with Crippen molar-refractivity contribution < 1.29 is 0 Å². The minimum absolute atomic E-state index is 0.660. The molecule has 2 aromatic rings. The van der Waals surface area contributed by atoms with Crippen molar-refractivity contribution in [3.8, 4) is 0 Å². The van der Waals surface area contributed by atoms with E-state index in [0.717, 1.165) is 17.2 Å². The highest BCUT2D eigenvalue weighted by Gasteiger charge is 1.99. The van der Waals surface area contributed by atoms with Crippen LogP contribution < -0.4 is 5.32 Å². The van der Waals surface area contributed by atoms with Gasteiger partial charge in [0.15, 0.2) is 0 Å². The fraction of sp³-hybridized carbons (Fsp3) is 0.300. The van der Waals surface area contributed by atoms with Crippen molar-refractivity contribution in [1.82, 2.24) is 19.7 Å². The van der Waals surface area contributed by atoms with Gasteiger partial charge in [-0.2, -0.15) is 10.1 Å². The van der Waals surface area contributed by atoms with E-state index in [1.165, 1.54) is 6.33 Å². The zero-order chi connectivity index (χ0) is 10.7. The lowest BCUT2D eigenvalue weighted by Gasteiger charge is -2.04. The van der Waals surface area contributed by atoms with E-state index in [1.54, 1.807) is 4.68 Å². The Bertz CT molecular complexity index is 431. The first kappa shape index (κ1) is 9.64. The summed E-state index contributed by atoms with van der Waals surface area (Å²) < 4.78 is 1.69. The smallest absolute Gasteiger partial charge is 0.221 e. The summed E-state index contributed by atoms with van der Waals surface area (Å²) in [6.45, 7) is 2.68. The number of hydrogen-bond donors (Lipinski definition) is 1. The van der Waals surface area contributed by atoms with E-state index in [4.69, 9.17) is 0 Å². The Morgan fingerprint density at radius 1 is 1.33 bits per heavy atom. The maximum atomic E-state index is 4.29. The molecule has 0 spiro atoms. The van der Waals surface area contributed by atoms with E-state index >= 15 is 0 Å². The second-order valence-corrected chi connectivity index (χ2v) is 3.39. The maximum absolute atomic E-state index is 4.29. The van der Waals surface area contributed by atoms with Crippen LogP contribution in [0.15, 0.2) is 24.7 Å². The average molecular weight is 203 g/mol. The summed E-state index contributed by atoms with van der Waals surface area (Å²) >= 11 is 0. The molecule has 15 heavy (non-hydrogen) atoms. The second-order valence-electron chi connectivity index (χ2n) is 3.39. The van der Waals surface area contributed by atoms with Gasteiger partial charge in [0, 0.05) is 13.2 Å². The van der Waals surface area contributed by atoms with Gasteiger partial charge in [-0.1, -0.05) is 6.07 Å². The van der Waals surface area contributed by atoms with Gasteiger partial charge < -0.3 is 5.32 Å². The number of nitrogens with one attached hydrogen (secondary N) is 1. The van der Waals surface area contributed by atoms with E-state index in [0.29, 0.717) is 6.54 Å². The molecule has 0 amide bonds. The monoisotopic (exact) mass is 203 g/mol. The van der Waals surface area contributed by atoms with Crippen LogP contribution in [0, 0.1) is 6.92 Å². The van der Waals surface area contributed by atoms with Crippen LogP contribution in [0.4, 0.5) is 5.95 Å². The standard InChI is InChI=1S/C10H13N5/c1-8-3-4-9(11-5-8)6-12-10-13-7-14-15(10)2/h3-5,7H,6H2,1-2H3,(H,12,13,14). The van der Waals surface area contributed by atoms with Crippen molar-refractivity contribution >= 4 is 5.95 Å². The first-order chi connectivity index (χ1) is 7.25. The summed E-state index contributed by atoms with van der Waals surface area (Å²) in [6.07, 6.45) is 3.37. The van der Waals surface area contributed by atoms with E-state index in [2.05, 4.69) is 20.4 Å². The average Bonchev–Trinajstić information content (AvgIpc) is 2.63. The van der Waals surface area contributed by atoms with Gasteiger partial charge in [0.2, 0.25) is 5.95 Å². The number of aryl methyl sites for hydroxylation is 2. The van der Waals surface area contributed by atoms with Crippen molar-refractivity contribution in [2.45, 2.75) is 13.5 Å². The quantitative estimate of drug-likeness (QED) is 0.812. The van der Waals surface area contributed by atoms with Gasteiger partial charge >= 0.3 is 0 Å². The first-order valence-electron chi connectivity index (χ1n) is 4.75. The molecule has 0 radical (unpaired) electrons. The molecule has 0 unspecified atom stereocenters. The molecular weight excluding hydrogens is 190 g/mol. The molecule has 2 heterocycles. The SMILES string of the molecule is Cc1ccc(CNc2ncnn2C)nc1. The summed E-state index contributed by atoms with van der Waals surface area (Å²) in [6, 6.07) is 4.04. The molecule has 0 fully saturated rings. The Labute approximate surface area is 88.2 Å². The van der Waals surface area contributed by atoms with Gasteiger partial charge in [-0.15, -0.1) is 0 Å².